The zero-order valence-electron chi connectivity index (χ0n) is 23.0. The molecule has 0 aliphatic rings. The maximum absolute atomic E-state index is 11.1. The van der Waals surface area contributed by atoms with Crippen LogP contribution in [0.2, 0.25) is 0 Å². The molecule has 1 aromatic rings. The van der Waals surface area contributed by atoms with Gasteiger partial charge in [0.25, 0.3) is 0 Å². The molecule has 1 unspecified atom stereocenters. The fourth-order valence-corrected chi connectivity index (χ4v) is 4.59. The molecule has 0 fully saturated rings. The van der Waals surface area contributed by atoms with Crippen LogP contribution in [0.15, 0.2) is 12.1 Å². The lowest BCUT2D eigenvalue weighted by atomic mass is 9.77. The van der Waals surface area contributed by atoms with Crippen molar-refractivity contribution in [3.8, 4) is 5.75 Å². The number of aromatic hydroxyl groups is 1. The first kappa shape index (κ1) is 29.9. The summed E-state index contributed by atoms with van der Waals surface area (Å²) < 4.78 is 6.15. The fraction of sp³-hybridized carbons (Fsp3) is 0.767. The summed E-state index contributed by atoms with van der Waals surface area (Å²) in [6.45, 7) is 17.1. The van der Waals surface area contributed by atoms with Gasteiger partial charge in [0, 0.05) is 6.92 Å². The standard InChI is InChI=1S/C30H52O2S/c1-9-10-11-12-13-14-15-16-17-18-19-20-27(32-23(2)33)24-21-25(29(3,4)5)28(31)26(22-24)30(6,7)8/h21-22,27,31H,9-20H2,1-8H3. The first-order chi connectivity index (χ1) is 15.4. The second-order valence-electron chi connectivity index (χ2n) is 11.9. The Morgan fingerprint density at radius 1 is 0.788 bits per heavy atom. The van der Waals surface area contributed by atoms with E-state index in [1.807, 2.05) is 6.92 Å². The average molecular weight is 477 g/mol. The number of phenols is 1. The van der Waals surface area contributed by atoms with E-state index in [0.29, 0.717) is 10.8 Å². The number of phenolic OH excluding ortho intramolecular Hbond substituents is 1. The zero-order valence-corrected chi connectivity index (χ0v) is 23.8. The highest BCUT2D eigenvalue weighted by atomic mass is 32.1. The van der Waals surface area contributed by atoms with Gasteiger partial charge in [0.05, 0.1) is 0 Å². The van der Waals surface area contributed by atoms with Gasteiger partial charge in [0.15, 0.2) is 5.05 Å². The van der Waals surface area contributed by atoms with Gasteiger partial charge in [-0.25, -0.2) is 0 Å². The van der Waals surface area contributed by atoms with E-state index < -0.39 is 0 Å². The van der Waals surface area contributed by atoms with Gasteiger partial charge >= 0.3 is 0 Å². The van der Waals surface area contributed by atoms with Crippen LogP contribution in [0.5, 0.6) is 5.75 Å². The molecule has 0 bridgehead atoms. The third kappa shape index (κ3) is 11.3. The van der Waals surface area contributed by atoms with Crippen LogP contribution in [-0.2, 0) is 15.6 Å². The third-order valence-electron chi connectivity index (χ3n) is 6.50. The zero-order chi connectivity index (χ0) is 25.1. The Labute approximate surface area is 210 Å². The van der Waals surface area contributed by atoms with E-state index in [4.69, 9.17) is 17.0 Å². The third-order valence-corrected chi connectivity index (χ3v) is 6.59. The Hall–Kier alpha value is -1.09. The number of rotatable bonds is 14. The summed E-state index contributed by atoms with van der Waals surface area (Å²) in [5, 5.41) is 11.6. The van der Waals surface area contributed by atoms with Crippen LogP contribution in [0.1, 0.15) is 155 Å². The molecule has 0 aromatic heterocycles. The fourth-order valence-electron chi connectivity index (χ4n) is 4.47. The van der Waals surface area contributed by atoms with Gasteiger partial charge in [-0.05, 0) is 64.7 Å². The lowest BCUT2D eigenvalue weighted by Gasteiger charge is -2.30. The quantitative estimate of drug-likeness (QED) is 0.214. The summed E-state index contributed by atoms with van der Waals surface area (Å²) in [5.74, 6) is 0.422. The molecule has 0 aliphatic heterocycles. The molecule has 190 valence electrons. The number of hydrogen-bond acceptors (Lipinski definition) is 3. The van der Waals surface area contributed by atoms with E-state index >= 15 is 0 Å². The molecule has 1 aromatic carbocycles. The summed E-state index contributed by atoms with van der Waals surface area (Å²) in [7, 11) is 0. The SMILES string of the molecule is CCCCCCCCCCCCCC(OC(C)=S)c1cc(C(C)(C)C)c(O)c(C(C)(C)C)c1. The summed E-state index contributed by atoms with van der Waals surface area (Å²) in [6, 6.07) is 4.29. The predicted molar refractivity (Wildman–Crippen MR) is 149 cm³/mol. The topological polar surface area (TPSA) is 29.5 Å². The van der Waals surface area contributed by atoms with Crippen LogP contribution in [0.3, 0.4) is 0 Å². The number of unbranched alkanes of at least 4 members (excludes halogenated alkanes) is 10. The van der Waals surface area contributed by atoms with Crippen LogP contribution < -0.4 is 0 Å². The van der Waals surface area contributed by atoms with Gasteiger partial charge in [0.2, 0.25) is 0 Å². The highest BCUT2D eigenvalue weighted by Gasteiger charge is 2.28. The average Bonchev–Trinajstić information content (AvgIpc) is 2.69. The van der Waals surface area contributed by atoms with Crippen LogP contribution in [0, 0.1) is 0 Å². The molecule has 0 amide bonds. The molecule has 33 heavy (non-hydrogen) atoms. The Morgan fingerprint density at radius 2 is 1.18 bits per heavy atom. The van der Waals surface area contributed by atoms with Crippen molar-refractivity contribution in [2.45, 2.75) is 149 Å². The van der Waals surface area contributed by atoms with Crippen molar-refractivity contribution in [2.75, 3.05) is 0 Å². The second kappa shape index (κ2) is 14.3. The Bertz CT molecular complexity index is 674. The largest absolute Gasteiger partial charge is 0.507 e. The van der Waals surface area contributed by atoms with Gasteiger partial charge < -0.3 is 9.84 Å². The minimum absolute atomic E-state index is 0.0520. The first-order valence-electron chi connectivity index (χ1n) is 13.4. The van der Waals surface area contributed by atoms with E-state index in [2.05, 4.69) is 60.6 Å². The smallest absolute Gasteiger partial charge is 0.157 e. The molecule has 0 radical (unpaired) electrons. The monoisotopic (exact) mass is 476 g/mol. The summed E-state index contributed by atoms with van der Waals surface area (Å²) in [5.41, 5.74) is 2.82. The highest BCUT2D eigenvalue weighted by Crippen LogP contribution is 2.42. The number of benzene rings is 1. The Morgan fingerprint density at radius 3 is 1.55 bits per heavy atom. The van der Waals surface area contributed by atoms with Crippen molar-refractivity contribution in [1.29, 1.82) is 0 Å². The molecule has 3 heteroatoms. The predicted octanol–water partition coefficient (Wildman–Crippen LogP) is 10.1. The highest BCUT2D eigenvalue weighted by molar-refractivity contribution is 7.80. The molecule has 0 aliphatic carbocycles. The van der Waals surface area contributed by atoms with Gasteiger partial charge in [-0.3, -0.25) is 0 Å². The molecule has 1 rings (SSSR count). The van der Waals surface area contributed by atoms with Gasteiger partial charge in [-0.2, -0.15) is 0 Å². The van der Waals surface area contributed by atoms with Gasteiger partial charge in [-0.1, -0.05) is 113 Å². The number of thiocarbonyl (C=S) groups is 1. The van der Waals surface area contributed by atoms with Gasteiger partial charge in [-0.15, -0.1) is 0 Å². The molecular formula is C30H52O2S. The Balaban J connectivity index is 2.76. The van der Waals surface area contributed by atoms with E-state index in [-0.39, 0.29) is 16.9 Å². The van der Waals surface area contributed by atoms with Crippen molar-refractivity contribution >= 4 is 17.3 Å². The maximum Gasteiger partial charge on any atom is 0.157 e. The van der Waals surface area contributed by atoms with Crippen molar-refractivity contribution in [3.63, 3.8) is 0 Å². The van der Waals surface area contributed by atoms with E-state index in [9.17, 15) is 5.11 Å². The molecule has 1 N–H and O–H groups in total. The normalized spacial score (nSPS) is 13.2. The minimum atomic E-state index is -0.145. The molecule has 1 atom stereocenters. The molecule has 0 heterocycles. The number of hydrogen-bond donors (Lipinski definition) is 1. The van der Waals surface area contributed by atoms with Crippen LogP contribution in [0.4, 0.5) is 0 Å². The van der Waals surface area contributed by atoms with Crippen LogP contribution in [-0.4, -0.2) is 10.2 Å². The second-order valence-corrected chi connectivity index (χ2v) is 12.5. The van der Waals surface area contributed by atoms with Gasteiger partial charge in [0.1, 0.15) is 11.9 Å². The molecule has 0 saturated heterocycles. The van der Waals surface area contributed by atoms with Crippen LogP contribution in [0.25, 0.3) is 0 Å². The van der Waals surface area contributed by atoms with Crippen molar-refractivity contribution in [2.24, 2.45) is 0 Å². The molecule has 0 saturated carbocycles. The molecular weight excluding hydrogens is 424 g/mol. The van der Waals surface area contributed by atoms with E-state index in [1.165, 1.54) is 64.2 Å². The Kier molecular flexibility index (Phi) is 13.0. The summed E-state index contributed by atoms with van der Waals surface area (Å²) in [6.07, 6.45) is 15.6. The molecule has 2 nitrogen and oxygen atoms in total. The molecule has 0 spiro atoms. The van der Waals surface area contributed by atoms with E-state index in [0.717, 1.165) is 29.5 Å². The lowest BCUT2D eigenvalue weighted by Crippen LogP contribution is -2.19. The van der Waals surface area contributed by atoms with Crippen molar-refractivity contribution in [3.05, 3.63) is 28.8 Å². The number of ether oxygens (including phenoxy) is 1. The minimum Gasteiger partial charge on any atom is -0.507 e. The first-order valence-corrected chi connectivity index (χ1v) is 13.8. The van der Waals surface area contributed by atoms with E-state index in [1.54, 1.807) is 0 Å². The summed E-state index contributed by atoms with van der Waals surface area (Å²) >= 11 is 5.33. The van der Waals surface area contributed by atoms with Crippen molar-refractivity contribution < 1.29 is 9.84 Å². The maximum atomic E-state index is 11.1. The summed E-state index contributed by atoms with van der Waals surface area (Å²) in [4.78, 5) is 0. The van der Waals surface area contributed by atoms with Crippen molar-refractivity contribution in [1.82, 2.24) is 0 Å². The van der Waals surface area contributed by atoms with Crippen LogP contribution >= 0.6 is 12.2 Å². The lowest BCUT2D eigenvalue weighted by molar-refractivity contribution is 0.180.